The average molecular weight is 206 g/mol. The first-order valence-electron chi connectivity index (χ1n) is 4.89. The molecule has 0 radical (unpaired) electrons. The van der Waals surface area contributed by atoms with Gasteiger partial charge in [-0.3, -0.25) is 0 Å². The zero-order chi connectivity index (χ0) is 10.5. The Morgan fingerprint density at radius 1 is 1.40 bits per heavy atom. The van der Waals surface area contributed by atoms with E-state index in [1.807, 2.05) is 12.1 Å². The second kappa shape index (κ2) is 4.79. The fourth-order valence-electron chi connectivity index (χ4n) is 1.50. The summed E-state index contributed by atoms with van der Waals surface area (Å²) in [5.41, 5.74) is 2.21. The van der Waals surface area contributed by atoms with Gasteiger partial charge in [-0.1, -0.05) is 17.3 Å². The first-order chi connectivity index (χ1) is 7.40. The maximum absolute atomic E-state index is 5.29. The van der Waals surface area contributed by atoms with Crippen LogP contribution in [0.1, 0.15) is 5.56 Å². The van der Waals surface area contributed by atoms with Crippen molar-refractivity contribution < 1.29 is 9.57 Å². The Kier molecular flexibility index (Phi) is 3.19. The number of ether oxygens (including phenoxy) is 1. The minimum Gasteiger partial charge on any atom is -0.399 e. The van der Waals surface area contributed by atoms with Crippen LogP contribution >= 0.6 is 0 Å². The molecule has 1 aromatic carbocycles. The van der Waals surface area contributed by atoms with Crippen molar-refractivity contribution in [2.24, 2.45) is 5.16 Å². The molecule has 1 aliphatic rings. The van der Waals surface area contributed by atoms with Crippen LogP contribution in [0, 0.1) is 0 Å². The minimum absolute atomic E-state index is 0.686. The van der Waals surface area contributed by atoms with Crippen LogP contribution in [-0.4, -0.2) is 33.2 Å². The van der Waals surface area contributed by atoms with E-state index in [2.05, 4.69) is 27.0 Å². The predicted octanol–water partition coefficient (Wildman–Crippen LogP) is 1.46. The van der Waals surface area contributed by atoms with Crippen molar-refractivity contribution in [3.8, 4) is 0 Å². The fourth-order valence-corrected chi connectivity index (χ4v) is 1.50. The molecule has 0 unspecified atom stereocenters. The minimum atomic E-state index is 0.686. The van der Waals surface area contributed by atoms with Crippen LogP contribution in [0.4, 0.5) is 5.69 Å². The highest BCUT2D eigenvalue weighted by Crippen LogP contribution is 2.16. The molecule has 1 aliphatic heterocycles. The number of anilines is 1. The van der Waals surface area contributed by atoms with E-state index in [4.69, 9.17) is 4.74 Å². The van der Waals surface area contributed by atoms with E-state index in [0.717, 1.165) is 18.7 Å². The molecule has 0 atom stereocenters. The topological polar surface area (TPSA) is 34.1 Å². The highest BCUT2D eigenvalue weighted by Gasteiger charge is 2.11. The Morgan fingerprint density at radius 3 is 2.80 bits per heavy atom. The summed E-state index contributed by atoms with van der Waals surface area (Å²) in [5.74, 6) is 0. The van der Waals surface area contributed by atoms with Gasteiger partial charge in [0.05, 0.1) is 12.8 Å². The summed E-state index contributed by atoms with van der Waals surface area (Å²) in [5, 5.41) is 3.71. The van der Waals surface area contributed by atoms with Crippen molar-refractivity contribution in [3.63, 3.8) is 0 Å². The van der Waals surface area contributed by atoms with Crippen molar-refractivity contribution in [1.29, 1.82) is 0 Å². The van der Waals surface area contributed by atoms with E-state index in [0.29, 0.717) is 6.73 Å². The van der Waals surface area contributed by atoms with Crippen molar-refractivity contribution in [1.82, 2.24) is 0 Å². The standard InChI is InChI=1S/C11H14N2O2/c1-14-12-8-10-2-4-11(5-3-10)13-6-7-15-9-13/h2-5,8H,6-7,9H2,1H3. The SMILES string of the molecule is CON=Cc1ccc(N2CCOC2)cc1. The van der Waals surface area contributed by atoms with Gasteiger partial charge in [0.1, 0.15) is 13.8 Å². The molecule has 4 heteroatoms. The Hall–Kier alpha value is -1.55. The van der Waals surface area contributed by atoms with Crippen molar-refractivity contribution in [2.45, 2.75) is 0 Å². The Labute approximate surface area is 89.1 Å². The molecule has 80 valence electrons. The second-order valence-corrected chi connectivity index (χ2v) is 3.31. The van der Waals surface area contributed by atoms with Gasteiger partial charge < -0.3 is 14.5 Å². The van der Waals surface area contributed by atoms with E-state index in [1.54, 1.807) is 6.21 Å². The first-order valence-corrected chi connectivity index (χ1v) is 4.89. The molecule has 0 aliphatic carbocycles. The summed E-state index contributed by atoms with van der Waals surface area (Å²) in [6.45, 7) is 2.46. The lowest BCUT2D eigenvalue weighted by Crippen LogP contribution is -2.18. The maximum atomic E-state index is 5.29. The molecule has 0 saturated carbocycles. The first kappa shape index (κ1) is 9.98. The van der Waals surface area contributed by atoms with E-state index >= 15 is 0 Å². The highest BCUT2D eigenvalue weighted by atomic mass is 16.6. The summed E-state index contributed by atoms with van der Waals surface area (Å²) in [7, 11) is 1.53. The Balaban J connectivity index is 2.06. The van der Waals surface area contributed by atoms with Gasteiger partial charge in [0, 0.05) is 12.2 Å². The van der Waals surface area contributed by atoms with Crippen LogP contribution in [0.15, 0.2) is 29.4 Å². The van der Waals surface area contributed by atoms with Gasteiger partial charge in [-0.2, -0.15) is 0 Å². The molecular formula is C11H14N2O2. The number of rotatable bonds is 3. The van der Waals surface area contributed by atoms with Gasteiger partial charge in [0.25, 0.3) is 0 Å². The largest absolute Gasteiger partial charge is 0.399 e. The number of benzene rings is 1. The molecule has 0 amide bonds. The summed E-state index contributed by atoms with van der Waals surface area (Å²) in [4.78, 5) is 6.81. The molecule has 0 aromatic heterocycles. The summed E-state index contributed by atoms with van der Waals surface area (Å²) in [6.07, 6.45) is 1.68. The third kappa shape index (κ3) is 2.47. The number of oxime groups is 1. The molecule has 1 aromatic rings. The molecule has 0 N–H and O–H groups in total. The lowest BCUT2D eigenvalue weighted by atomic mass is 10.2. The van der Waals surface area contributed by atoms with Crippen LogP contribution in [0.3, 0.4) is 0 Å². The maximum Gasteiger partial charge on any atom is 0.119 e. The van der Waals surface area contributed by atoms with Crippen LogP contribution in [0.25, 0.3) is 0 Å². The molecule has 1 heterocycles. The summed E-state index contributed by atoms with van der Waals surface area (Å²) < 4.78 is 5.29. The molecule has 4 nitrogen and oxygen atoms in total. The molecule has 1 saturated heterocycles. The van der Waals surface area contributed by atoms with E-state index < -0.39 is 0 Å². The number of hydrogen-bond acceptors (Lipinski definition) is 4. The lowest BCUT2D eigenvalue weighted by molar-refractivity contribution is 0.201. The Bertz CT molecular complexity index is 329. The molecule has 0 spiro atoms. The molecule has 1 fully saturated rings. The highest BCUT2D eigenvalue weighted by molar-refractivity contribution is 5.79. The average Bonchev–Trinajstić information content (AvgIpc) is 2.80. The van der Waals surface area contributed by atoms with Crippen LogP contribution in [0.2, 0.25) is 0 Å². The molecular weight excluding hydrogens is 192 g/mol. The third-order valence-electron chi connectivity index (χ3n) is 2.32. The van der Waals surface area contributed by atoms with Crippen LogP contribution < -0.4 is 4.90 Å². The van der Waals surface area contributed by atoms with Gasteiger partial charge in [-0.15, -0.1) is 0 Å². The zero-order valence-corrected chi connectivity index (χ0v) is 8.72. The second-order valence-electron chi connectivity index (χ2n) is 3.31. The smallest absolute Gasteiger partial charge is 0.119 e. The van der Waals surface area contributed by atoms with Crippen molar-refractivity contribution >= 4 is 11.9 Å². The predicted molar refractivity (Wildman–Crippen MR) is 59.2 cm³/mol. The Morgan fingerprint density at radius 2 is 2.20 bits per heavy atom. The lowest BCUT2D eigenvalue weighted by Gasteiger charge is -2.15. The monoisotopic (exact) mass is 206 g/mol. The van der Waals surface area contributed by atoms with E-state index in [9.17, 15) is 0 Å². The molecule has 15 heavy (non-hydrogen) atoms. The molecule has 0 bridgehead atoms. The normalized spacial score (nSPS) is 16.2. The van der Waals surface area contributed by atoms with Crippen molar-refractivity contribution in [2.75, 3.05) is 31.9 Å². The third-order valence-corrected chi connectivity index (χ3v) is 2.32. The summed E-state index contributed by atoms with van der Waals surface area (Å²) >= 11 is 0. The molecule has 2 rings (SSSR count). The number of nitrogens with zero attached hydrogens (tertiary/aromatic N) is 2. The zero-order valence-electron chi connectivity index (χ0n) is 8.72. The van der Waals surface area contributed by atoms with E-state index in [1.165, 1.54) is 12.8 Å². The van der Waals surface area contributed by atoms with Crippen LogP contribution in [0.5, 0.6) is 0 Å². The van der Waals surface area contributed by atoms with Crippen molar-refractivity contribution in [3.05, 3.63) is 29.8 Å². The van der Waals surface area contributed by atoms with Gasteiger partial charge >= 0.3 is 0 Å². The van der Waals surface area contributed by atoms with Gasteiger partial charge in [0.2, 0.25) is 0 Å². The quantitative estimate of drug-likeness (QED) is 0.554. The summed E-state index contributed by atoms with van der Waals surface area (Å²) in [6, 6.07) is 8.14. The fraction of sp³-hybridized carbons (Fsp3) is 0.364. The van der Waals surface area contributed by atoms with Gasteiger partial charge in [-0.25, -0.2) is 0 Å². The van der Waals surface area contributed by atoms with Crippen LogP contribution in [-0.2, 0) is 9.57 Å². The van der Waals surface area contributed by atoms with E-state index in [-0.39, 0.29) is 0 Å². The number of hydrogen-bond donors (Lipinski definition) is 0. The van der Waals surface area contributed by atoms with Gasteiger partial charge in [-0.05, 0) is 17.7 Å². The van der Waals surface area contributed by atoms with Gasteiger partial charge in [0.15, 0.2) is 0 Å².